The van der Waals surface area contributed by atoms with Gasteiger partial charge in [0, 0.05) is 34.4 Å². The lowest BCUT2D eigenvalue weighted by Crippen LogP contribution is -2.28. The van der Waals surface area contributed by atoms with E-state index in [4.69, 9.17) is 16.7 Å². The second-order valence-electron chi connectivity index (χ2n) is 4.06. The molecule has 6 nitrogen and oxygen atoms in total. The molecule has 0 aliphatic carbocycles. The molecule has 1 aromatic rings. The summed E-state index contributed by atoms with van der Waals surface area (Å²) in [5.41, 5.74) is -0.0658. The van der Waals surface area contributed by atoms with Gasteiger partial charge < -0.3 is 5.11 Å². The lowest BCUT2D eigenvalue weighted by Gasteiger charge is -2.11. The number of nitrogens with one attached hydrogen (secondary N) is 1. The molecule has 0 heterocycles. The predicted molar refractivity (Wildman–Crippen MR) is 77.3 cm³/mol. The van der Waals surface area contributed by atoms with E-state index in [1.54, 1.807) is 0 Å². The Morgan fingerprint density at radius 3 is 2.55 bits per heavy atom. The molecule has 0 fully saturated rings. The zero-order chi connectivity index (χ0) is 15.5. The molecule has 1 unspecified atom stereocenters. The van der Waals surface area contributed by atoms with Gasteiger partial charge >= 0.3 is 5.97 Å². The van der Waals surface area contributed by atoms with Crippen LogP contribution >= 0.6 is 11.6 Å². The maximum Gasteiger partial charge on any atom is 0.336 e. The number of hydrogen-bond acceptors (Lipinski definition) is 4. The van der Waals surface area contributed by atoms with E-state index >= 15 is 0 Å². The Morgan fingerprint density at radius 2 is 2.05 bits per heavy atom. The number of halogens is 1. The van der Waals surface area contributed by atoms with Gasteiger partial charge in [-0.1, -0.05) is 11.6 Å². The molecule has 0 radical (unpaired) electrons. The van der Waals surface area contributed by atoms with Crippen LogP contribution in [0.15, 0.2) is 17.0 Å². The Labute approximate surface area is 124 Å². The summed E-state index contributed by atoms with van der Waals surface area (Å²) in [6, 6.07) is 2.38. The van der Waals surface area contributed by atoms with Crippen LogP contribution in [0.5, 0.6) is 0 Å². The minimum Gasteiger partial charge on any atom is -0.478 e. The zero-order valence-electron chi connectivity index (χ0n) is 10.8. The Kier molecular flexibility index (Phi) is 5.69. The summed E-state index contributed by atoms with van der Waals surface area (Å²) >= 11 is 5.75. The van der Waals surface area contributed by atoms with Crippen molar-refractivity contribution in [2.75, 3.05) is 18.6 Å². The maximum atomic E-state index is 12.1. The van der Waals surface area contributed by atoms with E-state index in [9.17, 15) is 17.4 Å². The fraction of sp³-hybridized carbons (Fsp3) is 0.364. The van der Waals surface area contributed by atoms with Gasteiger partial charge in [-0.25, -0.2) is 17.9 Å². The highest BCUT2D eigenvalue weighted by molar-refractivity contribution is 7.89. The molecule has 0 saturated heterocycles. The highest BCUT2D eigenvalue weighted by Gasteiger charge is 2.21. The fourth-order valence-corrected chi connectivity index (χ4v) is 3.68. The van der Waals surface area contributed by atoms with Gasteiger partial charge in [0.1, 0.15) is 0 Å². The second-order valence-corrected chi connectivity index (χ2v) is 7.78. The van der Waals surface area contributed by atoms with Crippen LogP contribution in [0.3, 0.4) is 0 Å². The first-order chi connectivity index (χ1) is 9.15. The molecule has 1 atom stereocenters. The van der Waals surface area contributed by atoms with Crippen molar-refractivity contribution in [3.63, 3.8) is 0 Å². The Hall–Kier alpha value is -0.960. The smallest absolute Gasteiger partial charge is 0.336 e. The standard InChI is InChI=1S/C11H14ClNO5S2/c1-7-9(11(14)15)5-8(12)6-10(7)20(17,18)13-3-4-19(2)16/h5-6,13H,3-4H2,1-2H3,(H,14,15). The highest BCUT2D eigenvalue weighted by Crippen LogP contribution is 2.24. The van der Waals surface area contributed by atoms with Crippen molar-refractivity contribution in [1.82, 2.24) is 4.72 Å². The van der Waals surface area contributed by atoms with Gasteiger partial charge in [0.2, 0.25) is 10.0 Å². The first-order valence-corrected chi connectivity index (χ1v) is 9.07. The molecule has 1 rings (SSSR count). The molecule has 0 spiro atoms. The maximum absolute atomic E-state index is 12.1. The van der Waals surface area contributed by atoms with E-state index in [-0.39, 0.29) is 33.3 Å². The van der Waals surface area contributed by atoms with Gasteiger partial charge in [-0.15, -0.1) is 0 Å². The van der Waals surface area contributed by atoms with Gasteiger partial charge in [0.25, 0.3) is 0 Å². The molecule has 20 heavy (non-hydrogen) atoms. The van der Waals surface area contributed by atoms with Crippen LogP contribution in [0.4, 0.5) is 0 Å². The topological polar surface area (TPSA) is 101 Å². The largest absolute Gasteiger partial charge is 0.478 e. The van der Waals surface area contributed by atoms with Crippen molar-refractivity contribution in [1.29, 1.82) is 0 Å². The van der Waals surface area contributed by atoms with E-state index < -0.39 is 26.8 Å². The fourth-order valence-electron chi connectivity index (χ4n) is 1.55. The molecular weight excluding hydrogens is 326 g/mol. The number of carboxylic acids is 1. The molecule has 0 saturated carbocycles. The van der Waals surface area contributed by atoms with Gasteiger partial charge in [0.15, 0.2) is 0 Å². The van der Waals surface area contributed by atoms with Crippen molar-refractivity contribution in [2.24, 2.45) is 0 Å². The zero-order valence-corrected chi connectivity index (χ0v) is 13.2. The van der Waals surface area contributed by atoms with Crippen molar-refractivity contribution in [3.8, 4) is 0 Å². The van der Waals surface area contributed by atoms with Gasteiger partial charge in [0.05, 0.1) is 10.5 Å². The van der Waals surface area contributed by atoms with Gasteiger partial charge in [-0.3, -0.25) is 4.21 Å². The molecule has 0 aliphatic rings. The third-order valence-electron chi connectivity index (χ3n) is 2.53. The number of aromatic carboxylic acids is 1. The predicted octanol–water partition coefficient (Wildman–Crippen LogP) is 1.00. The summed E-state index contributed by atoms with van der Waals surface area (Å²) in [5, 5.41) is 9.04. The molecule has 1 aromatic carbocycles. The second kappa shape index (κ2) is 6.66. The lowest BCUT2D eigenvalue weighted by atomic mass is 10.1. The van der Waals surface area contributed by atoms with Gasteiger partial charge in [-0.05, 0) is 24.6 Å². The molecule has 0 amide bonds. The monoisotopic (exact) mass is 339 g/mol. The van der Waals surface area contributed by atoms with E-state index in [0.717, 1.165) is 0 Å². The third-order valence-corrected chi connectivity index (χ3v) is 5.11. The molecular formula is C11H14ClNO5S2. The lowest BCUT2D eigenvalue weighted by molar-refractivity contribution is 0.0696. The van der Waals surface area contributed by atoms with E-state index in [1.807, 2.05) is 0 Å². The average Bonchev–Trinajstić information content (AvgIpc) is 2.30. The quantitative estimate of drug-likeness (QED) is 0.805. The molecule has 0 aliphatic heterocycles. The summed E-state index contributed by atoms with van der Waals surface area (Å²) in [5.74, 6) is -1.08. The Morgan fingerprint density at radius 1 is 1.45 bits per heavy atom. The average molecular weight is 340 g/mol. The van der Waals surface area contributed by atoms with Gasteiger partial charge in [-0.2, -0.15) is 0 Å². The number of sulfonamides is 1. The molecule has 0 aromatic heterocycles. The van der Waals surface area contributed by atoms with Crippen molar-refractivity contribution in [2.45, 2.75) is 11.8 Å². The number of carboxylic acid groups (broad SMARTS) is 1. The van der Waals surface area contributed by atoms with Crippen molar-refractivity contribution in [3.05, 3.63) is 28.3 Å². The minimum absolute atomic E-state index is 0.000196. The summed E-state index contributed by atoms with van der Waals surface area (Å²) in [6.07, 6.45) is 1.46. The van der Waals surface area contributed by atoms with Crippen LogP contribution in [0.25, 0.3) is 0 Å². The third kappa shape index (κ3) is 4.27. The van der Waals surface area contributed by atoms with E-state index in [2.05, 4.69) is 4.72 Å². The molecule has 9 heteroatoms. The SMILES string of the molecule is Cc1c(C(=O)O)cc(Cl)cc1S(=O)(=O)NCCS(C)=O. The minimum atomic E-state index is -3.90. The summed E-state index contributed by atoms with van der Waals surface area (Å²) in [6.45, 7) is 1.39. The van der Waals surface area contributed by atoms with Crippen LogP contribution in [0, 0.1) is 6.92 Å². The first kappa shape index (κ1) is 17.1. The summed E-state index contributed by atoms with van der Waals surface area (Å²) < 4.78 is 37.4. The Balaban J connectivity index is 3.18. The molecule has 2 N–H and O–H groups in total. The van der Waals surface area contributed by atoms with Crippen LogP contribution < -0.4 is 4.72 Å². The highest BCUT2D eigenvalue weighted by atomic mass is 35.5. The molecule has 112 valence electrons. The summed E-state index contributed by atoms with van der Waals surface area (Å²) in [4.78, 5) is 10.9. The number of benzene rings is 1. The Bertz CT molecular complexity index is 657. The van der Waals surface area contributed by atoms with Crippen LogP contribution in [-0.2, 0) is 20.8 Å². The summed E-state index contributed by atoms with van der Waals surface area (Å²) in [7, 11) is -5.02. The van der Waals surface area contributed by atoms with Crippen LogP contribution in [0.2, 0.25) is 5.02 Å². The van der Waals surface area contributed by atoms with Crippen molar-refractivity contribution < 1.29 is 22.5 Å². The van der Waals surface area contributed by atoms with Crippen LogP contribution in [0.1, 0.15) is 15.9 Å². The number of rotatable bonds is 6. The normalized spacial score (nSPS) is 13.2. The number of carbonyl (C=O) groups is 1. The number of hydrogen-bond donors (Lipinski definition) is 2. The van der Waals surface area contributed by atoms with E-state index in [0.29, 0.717) is 0 Å². The molecule has 0 bridgehead atoms. The van der Waals surface area contributed by atoms with Crippen molar-refractivity contribution >= 4 is 38.4 Å². The first-order valence-electron chi connectivity index (χ1n) is 5.48. The van der Waals surface area contributed by atoms with E-state index in [1.165, 1.54) is 25.3 Å². The van der Waals surface area contributed by atoms with Crippen LogP contribution in [-0.4, -0.2) is 42.3 Å².